The maximum atomic E-state index is 10.9. The van der Waals surface area contributed by atoms with Crippen LogP contribution < -0.4 is 29.6 Å². The predicted octanol–water partition coefficient (Wildman–Crippen LogP) is 0.206. The molecule has 1 N–H and O–H groups in total. The number of hydrogen-bond acceptors (Lipinski definition) is 4. The summed E-state index contributed by atoms with van der Waals surface area (Å²) < 4.78 is 32.8. The smallest absolute Gasteiger partial charge is 0.748 e. The van der Waals surface area contributed by atoms with Gasteiger partial charge in [0.25, 0.3) is 0 Å². The Morgan fingerprint density at radius 3 is 1.80 bits per heavy atom. The molecule has 0 aromatic carbocycles. The van der Waals surface area contributed by atoms with Gasteiger partial charge in [0.15, 0.2) is 0 Å². The molecule has 2 atom stereocenters. The van der Waals surface area contributed by atoms with Gasteiger partial charge in [-0.1, -0.05) is 65.2 Å². The maximum absolute atomic E-state index is 10.9. The van der Waals surface area contributed by atoms with Crippen molar-refractivity contribution in [2.24, 2.45) is 0 Å². The first-order valence-electron chi connectivity index (χ1n) is 7.56. The topological polar surface area (TPSA) is 77.4 Å². The molecular weight excluding hydrogens is 287 g/mol. The van der Waals surface area contributed by atoms with E-state index in [0.717, 1.165) is 19.3 Å². The normalized spacial score (nSPS) is 14.6. The van der Waals surface area contributed by atoms with Crippen LogP contribution in [0.5, 0.6) is 0 Å². The summed E-state index contributed by atoms with van der Waals surface area (Å²) in [6.45, 7) is 3.81. The molecule has 0 heterocycles. The zero-order valence-corrected chi connectivity index (χ0v) is 16.1. The van der Waals surface area contributed by atoms with Crippen LogP contribution in [0, 0.1) is 0 Å². The van der Waals surface area contributed by atoms with Gasteiger partial charge in [-0.25, -0.2) is 8.42 Å². The zero-order valence-electron chi connectivity index (χ0n) is 13.3. The molecule has 20 heavy (non-hydrogen) atoms. The molecule has 0 aromatic rings. The van der Waals surface area contributed by atoms with E-state index in [1.807, 2.05) is 0 Å². The molecule has 0 spiro atoms. The molecule has 0 saturated carbocycles. The van der Waals surface area contributed by atoms with Crippen molar-refractivity contribution >= 4 is 10.1 Å². The van der Waals surface area contributed by atoms with Crippen LogP contribution in [0.4, 0.5) is 0 Å². The molecule has 2 unspecified atom stereocenters. The van der Waals surface area contributed by atoms with E-state index in [1.54, 1.807) is 6.92 Å². The molecule has 0 radical (unpaired) electrons. The van der Waals surface area contributed by atoms with Crippen LogP contribution in [0.2, 0.25) is 0 Å². The van der Waals surface area contributed by atoms with Gasteiger partial charge in [0.05, 0.1) is 11.4 Å². The van der Waals surface area contributed by atoms with E-state index in [4.69, 9.17) is 0 Å². The fourth-order valence-corrected chi connectivity index (χ4v) is 3.27. The summed E-state index contributed by atoms with van der Waals surface area (Å²) in [5.74, 6) is 0. The van der Waals surface area contributed by atoms with Gasteiger partial charge in [-0.2, -0.15) is 0 Å². The van der Waals surface area contributed by atoms with Crippen molar-refractivity contribution in [2.45, 2.75) is 89.4 Å². The molecule has 0 amide bonds. The molecule has 0 aliphatic rings. The average Bonchev–Trinajstić information content (AvgIpc) is 2.31. The van der Waals surface area contributed by atoms with Gasteiger partial charge < -0.3 is 9.66 Å². The monoisotopic (exact) mass is 316 g/mol. The number of rotatable bonds is 12. The van der Waals surface area contributed by atoms with Crippen molar-refractivity contribution in [2.75, 3.05) is 0 Å². The fraction of sp³-hybridized carbons (Fsp3) is 1.00. The van der Waals surface area contributed by atoms with Crippen LogP contribution in [0.15, 0.2) is 0 Å². The first-order valence-corrected chi connectivity index (χ1v) is 9.03. The largest absolute Gasteiger partial charge is 1.00 e. The van der Waals surface area contributed by atoms with Gasteiger partial charge in [0.2, 0.25) is 0 Å². The molecular formula is C14H29NaO4S. The Kier molecular flexibility index (Phi) is 15.7. The number of aliphatic hydroxyl groups is 1. The summed E-state index contributed by atoms with van der Waals surface area (Å²) in [6, 6.07) is 0. The molecule has 0 bridgehead atoms. The van der Waals surface area contributed by atoms with Crippen molar-refractivity contribution in [1.82, 2.24) is 0 Å². The van der Waals surface area contributed by atoms with E-state index in [1.165, 1.54) is 32.1 Å². The maximum Gasteiger partial charge on any atom is 1.00 e. The third-order valence-electron chi connectivity index (χ3n) is 3.56. The Morgan fingerprint density at radius 2 is 1.40 bits per heavy atom. The van der Waals surface area contributed by atoms with E-state index < -0.39 is 21.5 Å². The predicted molar refractivity (Wildman–Crippen MR) is 77.0 cm³/mol. The molecule has 0 saturated heterocycles. The van der Waals surface area contributed by atoms with Crippen molar-refractivity contribution in [3.05, 3.63) is 0 Å². The minimum Gasteiger partial charge on any atom is -0.748 e. The first kappa shape index (κ1) is 23.1. The summed E-state index contributed by atoms with van der Waals surface area (Å²) in [5, 5.41) is 8.60. The van der Waals surface area contributed by atoms with Gasteiger partial charge in [-0.15, -0.1) is 0 Å². The van der Waals surface area contributed by atoms with E-state index in [-0.39, 0.29) is 36.0 Å². The molecule has 0 aliphatic heterocycles. The number of unbranched alkanes of at least 4 members (excludes halogenated alkanes) is 7. The number of hydrogen-bond donors (Lipinski definition) is 1. The van der Waals surface area contributed by atoms with Crippen LogP contribution in [-0.2, 0) is 10.1 Å². The zero-order chi connectivity index (χ0) is 14.7. The fourth-order valence-electron chi connectivity index (χ4n) is 2.34. The molecule has 0 aliphatic carbocycles. The van der Waals surface area contributed by atoms with E-state index in [9.17, 15) is 18.1 Å². The van der Waals surface area contributed by atoms with Gasteiger partial charge in [0, 0.05) is 0 Å². The van der Waals surface area contributed by atoms with Gasteiger partial charge in [0.1, 0.15) is 10.1 Å². The SMILES string of the molecule is CCCCCCCCCCC(O)C(CC)S(=O)(=O)[O-].[Na+]. The Bertz CT molecular complexity index is 306. The molecule has 0 aromatic heterocycles. The molecule has 4 nitrogen and oxygen atoms in total. The van der Waals surface area contributed by atoms with Crippen LogP contribution in [0.3, 0.4) is 0 Å². The van der Waals surface area contributed by atoms with Crippen LogP contribution in [-0.4, -0.2) is 29.4 Å². The van der Waals surface area contributed by atoms with Gasteiger partial charge in [-0.3, -0.25) is 0 Å². The average molecular weight is 316 g/mol. The minimum absolute atomic E-state index is 0. The second-order valence-corrected chi connectivity index (χ2v) is 6.86. The Morgan fingerprint density at radius 1 is 0.950 bits per heavy atom. The Balaban J connectivity index is 0. The molecule has 0 fully saturated rings. The molecule has 6 heteroatoms. The van der Waals surface area contributed by atoms with Crippen molar-refractivity contribution in [1.29, 1.82) is 0 Å². The van der Waals surface area contributed by atoms with E-state index in [2.05, 4.69) is 6.92 Å². The quantitative estimate of drug-likeness (QED) is 0.317. The second-order valence-electron chi connectivity index (χ2n) is 5.27. The summed E-state index contributed by atoms with van der Waals surface area (Å²) in [5.41, 5.74) is 0. The van der Waals surface area contributed by atoms with Crippen molar-refractivity contribution < 1.29 is 47.6 Å². The van der Waals surface area contributed by atoms with Crippen molar-refractivity contribution in [3.63, 3.8) is 0 Å². The van der Waals surface area contributed by atoms with Crippen LogP contribution in [0.25, 0.3) is 0 Å². The van der Waals surface area contributed by atoms with Crippen LogP contribution >= 0.6 is 0 Å². The molecule has 116 valence electrons. The Hall–Kier alpha value is 0.870. The third-order valence-corrected chi connectivity index (χ3v) is 4.94. The second kappa shape index (κ2) is 13.5. The minimum atomic E-state index is -4.37. The standard InChI is InChI=1S/C14H30O4S.Na/c1-3-5-6-7-8-9-10-11-12-13(15)14(4-2)19(16,17)18;/h13-15H,3-12H2,1-2H3,(H,16,17,18);/q;+1/p-1. The summed E-state index contributed by atoms with van der Waals surface area (Å²) in [6.07, 6.45) is 8.77. The summed E-state index contributed by atoms with van der Waals surface area (Å²) in [7, 11) is -4.37. The van der Waals surface area contributed by atoms with Gasteiger partial charge >= 0.3 is 29.6 Å². The van der Waals surface area contributed by atoms with E-state index in [0.29, 0.717) is 6.42 Å². The van der Waals surface area contributed by atoms with Crippen molar-refractivity contribution in [3.8, 4) is 0 Å². The Labute approximate surface area is 146 Å². The van der Waals surface area contributed by atoms with Gasteiger partial charge in [-0.05, 0) is 12.8 Å². The van der Waals surface area contributed by atoms with E-state index >= 15 is 0 Å². The molecule has 0 rings (SSSR count). The number of aliphatic hydroxyl groups excluding tert-OH is 1. The summed E-state index contributed by atoms with van der Waals surface area (Å²) in [4.78, 5) is 0. The first-order chi connectivity index (χ1) is 8.93. The third kappa shape index (κ3) is 11.5. The summed E-state index contributed by atoms with van der Waals surface area (Å²) >= 11 is 0. The van der Waals surface area contributed by atoms with Crippen LogP contribution in [0.1, 0.15) is 78.1 Å².